The third-order valence-corrected chi connectivity index (χ3v) is 5.05. The van der Waals surface area contributed by atoms with Crippen molar-refractivity contribution in [2.45, 2.75) is 43.5 Å². The third kappa shape index (κ3) is 3.57. The van der Waals surface area contributed by atoms with Crippen molar-refractivity contribution in [1.29, 1.82) is 0 Å². The topological polar surface area (TPSA) is 46.2 Å². The highest BCUT2D eigenvalue weighted by molar-refractivity contribution is 7.90. The minimum atomic E-state index is -3.13. The summed E-state index contributed by atoms with van der Waals surface area (Å²) in [6.45, 7) is 3.01. The van der Waals surface area contributed by atoms with Crippen LogP contribution in [0.3, 0.4) is 0 Å². The molecule has 0 aliphatic heterocycles. The summed E-state index contributed by atoms with van der Waals surface area (Å²) >= 11 is 0. The summed E-state index contributed by atoms with van der Waals surface area (Å²) in [6.07, 6.45) is 6.32. The van der Waals surface area contributed by atoms with Gasteiger partial charge in [-0.25, -0.2) is 8.42 Å². The summed E-state index contributed by atoms with van der Waals surface area (Å²) in [5, 5.41) is 3.52. The molecule has 0 spiro atoms. The molecule has 0 radical (unpaired) electrons. The van der Waals surface area contributed by atoms with Gasteiger partial charge in [0.1, 0.15) is 0 Å². The highest BCUT2D eigenvalue weighted by Crippen LogP contribution is 2.36. The minimum Gasteiger partial charge on any atom is -0.310 e. The Hall–Kier alpha value is -0.870. The second-order valence-corrected chi connectivity index (χ2v) is 7.44. The first kappa shape index (κ1) is 14.5. The first-order chi connectivity index (χ1) is 9.02. The average molecular weight is 281 g/mol. The first-order valence-corrected chi connectivity index (χ1v) is 8.95. The molecule has 1 aliphatic carbocycles. The van der Waals surface area contributed by atoms with Crippen LogP contribution in [0.5, 0.6) is 0 Å². The van der Waals surface area contributed by atoms with Crippen LogP contribution in [0.2, 0.25) is 0 Å². The van der Waals surface area contributed by atoms with Crippen molar-refractivity contribution in [2.24, 2.45) is 5.92 Å². The highest BCUT2D eigenvalue weighted by Gasteiger charge is 2.26. The molecule has 0 heterocycles. The quantitative estimate of drug-likeness (QED) is 0.902. The van der Waals surface area contributed by atoms with Crippen molar-refractivity contribution >= 4 is 9.84 Å². The van der Waals surface area contributed by atoms with Gasteiger partial charge in [0.2, 0.25) is 0 Å². The molecule has 1 aromatic carbocycles. The van der Waals surface area contributed by atoms with Gasteiger partial charge in [-0.2, -0.15) is 0 Å². The molecule has 1 N–H and O–H groups in total. The largest absolute Gasteiger partial charge is 0.310 e. The lowest BCUT2D eigenvalue weighted by atomic mass is 9.91. The van der Waals surface area contributed by atoms with E-state index in [2.05, 4.69) is 12.2 Å². The molecule has 0 aromatic heterocycles. The zero-order valence-corrected chi connectivity index (χ0v) is 12.5. The summed E-state index contributed by atoms with van der Waals surface area (Å²) in [5.74, 6) is 0.634. The standard InChI is InChI=1S/C15H23NO2S/c1-3-16-15(12-7-4-5-8-12)13-9-6-10-14(11-13)19(2,17)18/h6,9-12,15-16H,3-5,7-8H2,1-2H3. The molecule has 19 heavy (non-hydrogen) atoms. The highest BCUT2D eigenvalue weighted by atomic mass is 32.2. The van der Waals surface area contributed by atoms with Gasteiger partial charge >= 0.3 is 0 Å². The van der Waals surface area contributed by atoms with Crippen molar-refractivity contribution in [3.05, 3.63) is 29.8 Å². The molecular weight excluding hydrogens is 258 g/mol. The number of benzene rings is 1. The number of sulfone groups is 1. The molecule has 0 amide bonds. The fraction of sp³-hybridized carbons (Fsp3) is 0.600. The second kappa shape index (κ2) is 6.06. The Morgan fingerprint density at radius 1 is 1.32 bits per heavy atom. The number of hydrogen-bond donors (Lipinski definition) is 1. The molecule has 1 aliphatic rings. The van der Waals surface area contributed by atoms with Crippen molar-refractivity contribution in [3.8, 4) is 0 Å². The van der Waals surface area contributed by atoms with Gasteiger partial charge in [-0.3, -0.25) is 0 Å². The van der Waals surface area contributed by atoms with Gasteiger partial charge in [-0.05, 0) is 43.0 Å². The Morgan fingerprint density at radius 3 is 2.58 bits per heavy atom. The first-order valence-electron chi connectivity index (χ1n) is 7.05. The van der Waals surface area contributed by atoms with E-state index in [0.717, 1.165) is 12.1 Å². The summed E-state index contributed by atoms with van der Waals surface area (Å²) in [6, 6.07) is 7.69. The van der Waals surface area contributed by atoms with E-state index in [1.54, 1.807) is 6.07 Å². The van der Waals surface area contributed by atoms with Crippen molar-refractivity contribution < 1.29 is 8.42 Å². The predicted octanol–water partition coefficient (Wildman–Crippen LogP) is 2.93. The van der Waals surface area contributed by atoms with Crippen LogP contribution in [0.4, 0.5) is 0 Å². The third-order valence-electron chi connectivity index (χ3n) is 3.94. The van der Waals surface area contributed by atoms with Crippen molar-refractivity contribution in [1.82, 2.24) is 5.32 Å². The van der Waals surface area contributed by atoms with E-state index in [1.807, 2.05) is 18.2 Å². The molecule has 0 saturated heterocycles. The maximum Gasteiger partial charge on any atom is 0.175 e. The lowest BCUT2D eigenvalue weighted by Crippen LogP contribution is -2.27. The maximum atomic E-state index is 11.7. The zero-order chi connectivity index (χ0) is 13.9. The van der Waals surface area contributed by atoms with E-state index in [-0.39, 0.29) is 6.04 Å². The average Bonchev–Trinajstić information content (AvgIpc) is 2.88. The second-order valence-electron chi connectivity index (χ2n) is 5.42. The van der Waals surface area contributed by atoms with Crippen molar-refractivity contribution in [3.63, 3.8) is 0 Å². The Bertz CT molecular complexity index is 519. The lowest BCUT2D eigenvalue weighted by molar-refractivity contribution is 0.374. The molecule has 1 atom stereocenters. The number of hydrogen-bond acceptors (Lipinski definition) is 3. The molecule has 1 aromatic rings. The SMILES string of the molecule is CCNC(c1cccc(S(C)(=O)=O)c1)C1CCCC1. The summed E-state index contributed by atoms with van der Waals surface area (Å²) in [5.41, 5.74) is 1.11. The summed E-state index contributed by atoms with van der Waals surface area (Å²) in [4.78, 5) is 0.422. The fourth-order valence-corrected chi connectivity index (χ4v) is 3.68. The van der Waals surface area contributed by atoms with Gasteiger partial charge < -0.3 is 5.32 Å². The Balaban J connectivity index is 2.31. The van der Waals surface area contributed by atoms with E-state index < -0.39 is 9.84 Å². The van der Waals surface area contributed by atoms with Gasteiger partial charge in [0, 0.05) is 12.3 Å². The van der Waals surface area contributed by atoms with E-state index in [9.17, 15) is 8.42 Å². The molecular formula is C15H23NO2S. The van der Waals surface area contributed by atoms with Gasteiger partial charge in [-0.1, -0.05) is 31.9 Å². The molecule has 4 heteroatoms. The molecule has 0 bridgehead atoms. The van der Waals surface area contributed by atoms with E-state index in [1.165, 1.54) is 31.9 Å². The minimum absolute atomic E-state index is 0.286. The fourth-order valence-electron chi connectivity index (χ4n) is 3.01. The summed E-state index contributed by atoms with van der Waals surface area (Å²) in [7, 11) is -3.13. The van der Waals surface area contributed by atoms with Crippen molar-refractivity contribution in [2.75, 3.05) is 12.8 Å². The van der Waals surface area contributed by atoms with Crippen LogP contribution in [-0.4, -0.2) is 21.2 Å². The smallest absolute Gasteiger partial charge is 0.175 e. The zero-order valence-electron chi connectivity index (χ0n) is 11.7. The lowest BCUT2D eigenvalue weighted by Gasteiger charge is -2.25. The maximum absolute atomic E-state index is 11.7. The Labute approximate surface area is 116 Å². The van der Waals surface area contributed by atoms with Crippen LogP contribution in [0, 0.1) is 5.92 Å². The molecule has 1 unspecified atom stereocenters. The predicted molar refractivity (Wildman–Crippen MR) is 77.9 cm³/mol. The van der Waals surface area contributed by atoms with Gasteiger partial charge in [-0.15, -0.1) is 0 Å². The van der Waals surface area contributed by atoms with Crippen LogP contribution in [0.15, 0.2) is 29.2 Å². The van der Waals surface area contributed by atoms with E-state index in [4.69, 9.17) is 0 Å². The Kier molecular flexibility index (Phi) is 4.63. The van der Waals surface area contributed by atoms with E-state index >= 15 is 0 Å². The Morgan fingerprint density at radius 2 is 2.00 bits per heavy atom. The van der Waals surface area contributed by atoms with Crippen LogP contribution in [-0.2, 0) is 9.84 Å². The van der Waals surface area contributed by atoms with Gasteiger partial charge in [0.15, 0.2) is 9.84 Å². The van der Waals surface area contributed by atoms with Crippen LogP contribution >= 0.6 is 0 Å². The summed E-state index contributed by atoms with van der Waals surface area (Å²) < 4.78 is 23.3. The normalized spacial score (nSPS) is 18.6. The molecule has 1 fully saturated rings. The van der Waals surface area contributed by atoms with Crippen LogP contribution < -0.4 is 5.32 Å². The molecule has 1 saturated carbocycles. The molecule has 2 rings (SSSR count). The monoisotopic (exact) mass is 281 g/mol. The number of nitrogens with one attached hydrogen (secondary N) is 1. The van der Waals surface area contributed by atoms with Crippen LogP contribution in [0.25, 0.3) is 0 Å². The number of rotatable bonds is 5. The van der Waals surface area contributed by atoms with Gasteiger partial charge in [0.05, 0.1) is 4.90 Å². The molecule has 106 valence electrons. The van der Waals surface area contributed by atoms with E-state index in [0.29, 0.717) is 10.8 Å². The molecule has 3 nitrogen and oxygen atoms in total. The van der Waals surface area contributed by atoms with Crippen LogP contribution in [0.1, 0.15) is 44.2 Å². The van der Waals surface area contributed by atoms with Gasteiger partial charge in [0.25, 0.3) is 0 Å².